The van der Waals surface area contributed by atoms with Gasteiger partial charge in [0, 0.05) is 13.1 Å². The highest BCUT2D eigenvalue weighted by Gasteiger charge is 2.31. The average Bonchev–Trinajstić information content (AvgIpc) is 3.56. The van der Waals surface area contributed by atoms with Crippen molar-refractivity contribution >= 4 is 17.8 Å². The Labute approximate surface area is 180 Å². The predicted octanol–water partition coefficient (Wildman–Crippen LogP) is -0.332. The number of carbonyl (C=O) groups is 3. The maximum atomic E-state index is 12.4. The minimum atomic E-state index is -1.57. The minimum Gasteiger partial charge on any atom is -0.490 e. The summed E-state index contributed by atoms with van der Waals surface area (Å²) in [5, 5.41) is 24.9. The molecule has 1 aromatic rings. The van der Waals surface area contributed by atoms with Crippen molar-refractivity contribution in [3.05, 3.63) is 29.8 Å². The molecule has 1 saturated carbocycles. The van der Waals surface area contributed by atoms with E-state index < -0.39 is 30.1 Å². The summed E-state index contributed by atoms with van der Waals surface area (Å²) < 4.78 is 10.9. The van der Waals surface area contributed by atoms with Crippen LogP contribution in [0.4, 0.5) is 0 Å². The lowest BCUT2D eigenvalue weighted by Crippen LogP contribution is -2.53. The smallest absolute Gasteiger partial charge is 0.329 e. The number of carbonyl (C=O) groups excluding carboxylic acids is 2. The molecule has 0 aromatic heterocycles. The molecule has 2 fully saturated rings. The molecule has 0 bridgehead atoms. The molecule has 3 rings (SSSR count). The zero-order chi connectivity index (χ0) is 22.4. The van der Waals surface area contributed by atoms with Gasteiger partial charge in [-0.05, 0) is 37.5 Å². The standard InChI is InChI=1S/C21H29N3O7/c1-13(22-17(25)12-24-8-10-30-11-9-24)20(27)23-18(21(28)29)19(26)14-2-4-15(5-3-14)31-16-6-7-16/h2-5,13,16,18-19,26H,6-12H2,1H3,(H,22,25)(H,23,27)(H,28,29)/t13-,18-,19+/m0/s1. The van der Waals surface area contributed by atoms with Crippen molar-refractivity contribution in [2.45, 2.75) is 44.1 Å². The second-order valence-corrected chi connectivity index (χ2v) is 7.83. The Bertz CT molecular complexity index is 776. The number of ether oxygens (including phenoxy) is 2. The fourth-order valence-corrected chi connectivity index (χ4v) is 3.18. The molecule has 1 aliphatic carbocycles. The molecule has 1 saturated heterocycles. The normalized spacial score (nSPS) is 19.7. The number of nitrogens with one attached hydrogen (secondary N) is 2. The summed E-state index contributed by atoms with van der Waals surface area (Å²) in [4.78, 5) is 38.2. The molecule has 1 heterocycles. The predicted molar refractivity (Wildman–Crippen MR) is 109 cm³/mol. The van der Waals surface area contributed by atoms with Gasteiger partial charge in [0.2, 0.25) is 11.8 Å². The molecule has 2 amide bonds. The Kier molecular flexibility index (Phi) is 7.83. The third-order valence-corrected chi connectivity index (χ3v) is 5.17. The number of aliphatic carboxylic acids is 1. The van der Waals surface area contributed by atoms with Gasteiger partial charge in [0.05, 0.1) is 25.9 Å². The van der Waals surface area contributed by atoms with Crippen LogP contribution in [0.15, 0.2) is 24.3 Å². The van der Waals surface area contributed by atoms with Crippen molar-refractivity contribution in [2.75, 3.05) is 32.8 Å². The van der Waals surface area contributed by atoms with Crippen LogP contribution in [0.25, 0.3) is 0 Å². The summed E-state index contributed by atoms with van der Waals surface area (Å²) in [5.74, 6) is -1.78. The molecule has 170 valence electrons. The Morgan fingerprint density at radius 2 is 1.81 bits per heavy atom. The molecule has 0 radical (unpaired) electrons. The molecule has 1 aromatic carbocycles. The lowest BCUT2D eigenvalue weighted by molar-refractivity contribution is -0.145. The summed E-state index contributed by atoms with van der Waals surface area (Å²) in [6.07, 6.45) is 0.784. The second kappa shape index (κ2) is 10.6. The van der Waals surface area contributed by atoms with E-state index in [1.54, 1.807) is 24.3 Å². The minimum absolute atomic E-state index is 0.126. The number of morpholine rings is 1. The molecular formula is C21H29N3O7. The molecule has 0 spiro atoms. The van der Waals surface area contributed by atoms with Crippen molar-refractivity contribution in [1.29, 1.82) is 0 Å². The maximum Gasteiger partial charge on any atom is 0.329 e. The first-order chi connectivity index (χ1) is 14.8. The summed E-state index contributed by atoms with van der Waals surface area (Å²) >= 11 is 0. The Balaban J connectivity index is 1.53. The van der Waals surface area contributed by atoms with Crippen LogP contribution < -0.4 is 15.4 Å². The van der Waals surface area contributed by atoms with Crippen molar-refractivity contribution in [2.24, 2.45) is 0 Å². The molecule has 0 unspecified atom stereocenters. The van der Waals surface area contributed by atoms with Gasteiger partial charge in [-0.2, -0.15) is 0 Å². The molecule has 2 aliphatic rings. The first-order valence-corrected chi connectivity index (χ1v) is 10.4. The Morgan fingerprint density at radius 1 is 1.16 bits per heavy atom. The number of amides is 2. The number of rotatable bonds is 10. The quantitative estimate of drug-likeness (QED) is 0.392. The van der Waals surface area contributed by atoms with Gasteiger partial charge in [-0.1, -0.05) is 12.1 Å². The number of hydrogen-bond donors (Lipinski definition) is 4. The van der Waals surface area contributed by atoms with Crippen LogP contribution in [0.3, 0.4) is 0 Å². The van der Waals surface area contributed by atoms with E-state index in [2.05, 4.69) is 10.6 Å². The highest BCUT2D eigenvalue weighted by molar-refractivity contribution is 5.90. The van der Waals surface area contributed by atoms with Crippen molar-refractivity contribution in [1.82, 2.24) is 15.5 Å². The molecule has 4 N–H and O–H groups in total. The third kappa shape index (κ3) is 6.91. The van der Waals surface area contributed by atoms with Gasteiger partial charge >= 0.3 is 5.97 Å². The number of carboxylic acid groups (broad SMARTS) is 1. The van der Waals surface area contributed by atoms with E-state index >= 15 is 0 Å². The summed E-state index contributed by atoms with van der Waals surface area (Å²) in [7, 11) is 0. The molecule has 10 heteroatoms. The van der Waals surface area contributed by atoms with Gasteiger partial charge in [-0.25, -0.2) is 4.79 Å². The topological polar surface area (TPSA) is 137 Å². The molecule has 3 atom stereocenters. The van der Waals surface area contributed by atoms with E-state index in [9.17, 15) is 24.6 Å². The van der Waals surface area contributed by atoms with Crippen LogP contribution in [0.5, 0.6) is 5.75 Å². The fourth-order valence-electron chi connectivity index (χ4n) is 3.18. The molecule has 10 nitrogen and oxygen atoms in total. The summed E-state index contributed by atoms with van der Waals surface area (Å²) in [5.41, 5.74) is 0.333. The van der Waals surface area contributed by atoms with Crippen LogP contribution in [-0.2, 0) is 19.1 Å². The molecule has 31 heavy (non-hydrogen) atoms. The number of benzene rings is 1. The lowest BCUT2D eigenvalue weighted by Gasteiger charge is -2.27. The monoisotopic (exact) mass is 435 g/mol. The van der Waals surface area contributed by atoms with E-state index in [1.165, 1.54) is 6.92 Å². The number of aliphatic hydroxyl groups excluding tert-OH is 1. The number of hydrogen-bond acceptors (Lipinski definition) is 7. The SMILES string of the molecule is C[C@H](NC(=O)CN1CCOCC1)C(=O)N[C@H](C(=O)O)[C@H](O)c1ccc(OC2CC2)cc1. The molecular weight excluding hydrogens is 406 g/mol. The van der Waals surface area contributed by atoms with Crippen molar-refractivity contribution in [3.8, 4) is 5.75 Å². The van der Waals surface area contributed by atoms with Gasteiger partial charge in [0.25, 0.3) is 0 Å². The van der Waals surface area contributed by atoms with Crippen LogP contribution in [0.1, 0.15) is 31.4 Å². The lowest BCUT2D eigenvalue weighted by atomic mass is 10.0. The molecule has 1 aliphatic heterocycles. The van der Waals surface area contributed by atoms with Crippen LogP contribution in [-0.4, -0.2) is 83.9 Å². The van der Waals surface area contributed by atoms with Gasteiger partial charge in [-0.3, -0.25) is 14.5 Å². The number of carboxylic acids is 1. The zero-order valence-electron chi connectivity index (χ0n) is 17.5. The van der Waals surface area contributed by atoms with Crippen LogP contribution >= 0.6 is 0 Å². The van der Waals surface area contributed by atoms with E-state index in [1.807, 2.05) is 4.90 Å². The third-order valence-electron chi connectivity index (χ3n) is 5.17. The highest BCUT2D eigenvalue weighted by atomic mass is 16.5. The Hall–Kier alpha value is -2.69. The van der Waals surface area contributed by atoms with Gasteiger partial charge in [0.15, 0.2) is 6.04 Å². The van der Waals surface area contributed by atoms with E-state index in [-0.39, 0.29) is 18.6 Å². The second-order valence-electron chi connectivity index (χ2n) is 7.83. The van der Waals surface area contributed by atoms with Crippen LogP contribution in [0.2, 0.25) is 0 Å². The zero-order valence-corrected chi connectivity index (χ0v) is 17.5. The first-order valence-electron chi connectivity index (χ1n) is 10.4. The van der Waals surface area contributed by atoms with E-state index in [0.29, 0.717) is 37.6 Å². The van der Waals surface area contributed by atoms with E-state index in [4.69, 9.17) is 9.47 Å². The average molecular weight is 435 g/mol. The number of nitrogens with zero attached hydrogens (tertiary/aromatic N) is 1. The maximum absolute atomic E-state index is 12.4. The van der Waals surface area contributed by atoms with Gasteiger partial charge in [-0.15, -0.1) is 0 Å². The van der Waals surface area contributed by atoms with Crippen molar-refractivity contribution < 1.29 is 34.1 Å². The largest absolute Gasteiger partial charge is 0.490 e. The Morgan fingerprint density at radius 3 is 2.39 bits per heavy atom. The van der Waals surface area contributed by atoms with E-state index in [0.717, 1.165) is 12.8 Å². The van der Waals surface area contributed by atoms with Crippen LogP contribution in [0, 0.1) is 0 Å². The van der Waals surface area contributed by atoms with Gasteiger partial charge in [0.1, 0.15) is 17.9 Å². The first kappa shape index (κ1) is 23.0. The summed E-state index contributed by atoms with van der Waals surface area (Å²) in [6, 6.07) is 3.92. The highest BCUT2D eigenvalue weighted by Crippen LogP contribution is 2.28. The summed E-state index contributed by atoms with van der Waals surface area (Å²) in [6.45, 7) is 3.95. The van der Waals surface area contributed by atoms with Gasteiger partial charge < -0.3 is 30.3 Å². The fraction of sp³-hybridized carbons (Fsp3) is 0.571. The van der Waals surface area contributed by atoms with Crippen molar-refractivity contribution in [3.63, 3.8) is 0 Å². The number of aliphatic hydroxyl groups is 1.